The summed E-state index contributed by atoms with van der Waals surface area (Å²) in [5.74, 6) is 0.909. The van der Waals surface area contributed by atoms with Gasteiger partial charge in [-0.1, -0.05) is 11.3 Å². The van der Waals surface area contributed by atoms with Gasteiger partial charge in [-0.2, -0.15) is 4.98 Å². The van der Waals surface area contributed by atoms with Crippen LogP contribution in [0.2, 0.25) is 0 Å². The molecule has 3 heterocycles. The number of hydrogen-bond acceptors (Lipinski definition) is 8. The van der Waals surface area contributed by atoms with Crippen molar-refractivity contribution in [2.24, 2.45) is 0 Å². The molecule has 136 valence electrons. The van der Waals surface area contributed by atoms with Crippen molar-refractivity contribution >= 4 is 44.0 Å². The number of anilines is 4. The molecule has 0 radical (unpaired) electrons. The molecule has 0 fully saturated rings. The molecule has 0 bridgehead atoms. The monoisotopic (exact) mass is 382 g/mol. The van der Waals surface area contributed by atoms with E-state index < -0.39 is 0 Å². The maximum absolute atomic E-state index is 13.5. The number of aromatic nitrogens is 4. The van der Waals surface area contributed by atoms with Gasteiger partial charge in [0.15, 0.2) is 16.6 Å². The van der Waals surface area contributed by atoms with Gasteiger partial charge in [0.1, 0.15) is 16.8 Å². The Morgan fingerprint density at radius 1 is 1.04 bits per heavy atom. The summed E-state index contributed by atoms with van der Waals surface area (Å²) in [5.41, 5.74) is 2.66. The topological polar surface area (TPSA) is 84.8 Å². The van der Waals surface area contributed by atoms with Gasteiger partial charge in [-0.05, 0) is 36.8 Å². The molecule has 27 heavy (non-hydrogen) atoms. The maximum Gasteiger partial charge on any atom is 0.213 e. The first-order chi connectivity index (χ1) is 13.1. The van der Waals surface area contributed by atoms with Crippen molar-refractivity contribution in [1.29, 1.82) is 0 Å². The van der Waals surface area contributed by atoms with E-state index >= 15 is 0 Å². The number of nitrogens with zero attached hydrogens (tertiary/aromatic N) is 4. The Kier molecular flexibility index (Phi) is 4.51. The Balaban J connectivity index is 1.62. The van der Waals surface area contributed by atoms with Crippen LogP contribution in [0, 0.1) is 12.7 Å². The van der Waals surface area contributed by atoms with Gasteiger partial charge in [0, 0.05) is 11.8 Å². The second-order valence-electron chi connectivity index (χ2n) is 5.70. The van der Waals surface area contributed by atoms with Crippen molar-refractivity contribution in [3.05, 3.63) is 54.2 Å². The number of fused-ring (bicyclic) bond motifs is 1. The molecule has 0 aliphatic carbocycles. The third kappa shape index (κ3) is 3.63. The molecular weight excluding hydrogens is 367 g/mol. The number of ether oxygens (including phenoxy) is 1. The molecule has 0 aliphatic heterocycles. The largest absolute Gasteiger partial charge is 0.481 e. The molecular formula is C18H15FN6OS. The summed E-state index contributed by atoms with van der Waals surface area (Å²) in [7, 11) is 1.57. The first-order valence-corrected chi connectivity index (χ1v) is 8.86. The zero-order valence-corrected chi connectivity index (χ0v) is 15.3. The van der Waals surface area contributed by atoms with Crippen LogP contribution in [-0.4, -0.2) is 27.0 Å². The molecule has 2 N–H and O–H groups in total. The highest BCUT2D eigenvalue weighted by atomic mass is 32.1. The summed E-state index contributed by atoms with van der Waals surface area (Å²) in [6, 6.07) is 8.43. The Morgan fingerprint density at radius 3 is 2.63 bits per heavy atom. The molecule has 0 saturated heterocycles. The van der Waals surface area contributed by atoms with Crippen LogP contribution >= 0.6 is 11.3 Å². The fourth-order valence-electron chi connectivity index (χ4n) is 2.45. The van der Waals surface area contributed by atoms with Crippen molar-refractivity contribution in [3.8, 4) is 5.88 Å². The highest BCUT2D eigenvalue weighted by Gasteiger charge is 2.12. The Morgan fingerprint density at radius 2 is 1.89 bits per heavy atom. The van der Waals surface area contributed by atoms with Crippen molar-refractivity contribution < 1.29 is 9.13 Å². The van der Waals surface area contributed by atoms with E-state index in [0.29, 0.717) is 28.0 Å². The summed E-state index contributed by atoms with van der Waals surface area (Å²) in [4.78, 5) is 17.2. The normalized spacial score (nSPS) is 10.8. The molecule has 9 heteroatoms. The first-order valence-electron chi connectivity index (χ1n) is 8.04. The molecule has 7 nitrogen and oxygen atoms in total. The highest BCUT2D eigenvalue weighted by Crippen LogP contribution is 2.32. The molecule has 4 aromatic rings. The molecule has 0 amide bonds. The SMILES string of the molecule is COc1ccc(Nc2nc3ncnc(Nc4ccc(F)c(C)c4)c3s2)cn1. The highest BCUT2D eigenvalue weighted by molar-refractivity contribution is 7.22. The lowest BCUT2D eigenvalue weighted by Crippen LogP contribution is -1.95. The van der Waals surface area contributed by atoms with Crippen LogP contribution in [0.1, 0.15) is 5.56 Å². The number of thiazole rings is 1. The Hall–Kier alpha value is -3.33. The predicted octanol–water partition coefficient (Wildman–Crippen LogP) is 4.42. The Bertz CT molecular complexity index is 1100. The van der Waals surface area contributed by atoms with E-state index in [4.69, 9.17) is 4.74 Å². The fourth-order valence-corrected chi connectivity index (χ4v) is 3.34. The second kappa shape index (κ2) is 7.12. The number of rotatable bonds is 5. The van der Waals surface area contributed by atoms with E-state index in [-0.39, 0.29) is 5.82 Å². The number of aryl methyl sites for hydroxylation is 1. The van der Waals surface area contributed by atoms with Gasteiger partial charge in [0.05, 0.1) is 19.0 Å². The van der Waals surface area contributed by atoms with Gasteiger partial charge in [0.25, 0.3) is 0 Å². The number of nitrogens with one attached hydrogen (secondary N) is 2. The number of benzene rings is 1. The van der Waals surface area contributed by atoms with Crippen molar-refractivity contribution in [2.75, 3.05) is 17.7 Å². The van der Waals surface area contributed by atoms with Crippen molar-refractivity contribution in [2.45, 2.75) is 6.92 Å². The van der Waals surface area contributed by atoms with E-state index in [1.165, 1.54) is 23.7 Å². The molecule has 0 saturated carbocycles. The minimum atomic E-state index is -0.245. The molecule has 0 unspecified atom stereocenters. The van der Waals surface area contributed by atoms with Crippen LogP contribution in [0.15, 0.2) is 42.9 Å². The van der Waals surface area contributed by atoms with Crippen molar-refractivity contribution in [3.63, 3.8) is 0 Å². The van der Waals surface area contributed by atoms with Gasteiger partial charge in [-0.3, -0.25) is 0 Å². The second-order valence-corrected chi connectivity index (χ2v) is 6.70. The summed E-state index contributed by atoms with van der Waals surface area (Å²) in [6.07, 6.45) is 3.11. The standard InChI is InChI=1S/C18H15FN6OS/c1-10-7-11(3-5-13(10)19)23-16-15-17(22-9-21-16)25-18(27-15)24-12-4-6-14(26-2)20-8-12/h3-9H,1-2H3,(H2,21,22,23,24,25). The van der Waals surface area contributed by atoms with Gasteiger partial charge >= 0.3 is 0 Å². The average Bonchev–Trinajstić information content (AvgIpc) is 3.09. The van der Waals surface area contributed by atoms with Gasteiger partial charge in [-0.25, -0.2) is 19.3 Å². The summed E-state index contributed by atoms with van der Waals surface area (Å²) in [5, 5.41) is 7.06. The summed E-state index contributed by atoms with van der Waals surface area (Å²) >= 11 is 1.41. The zero-order chi connectivity index (χ0) is 18.8. The molecule has 0 spiro atoms. The first kappa shape index (κ1) is 17.1. The van der Waals surface area contributed by atoms with E-state index in [9.17, 15) is 4.39 Å². The number of halogens is 1. The molecule has 3 aromatic heterocycles. The lowest BCUT2D eigenvalue weighted by molar-refractivity contribution is 0.398. The predicted molar refractivity (Wildman–Crippen MR) is 104 cm³/mol. The van der Waals surface area contributed by atoms with Gasteiger partial charge in [0.2, 0.25) is 5.88 Å². The lowest BCUT2D eigenvalue weighted by Gasteiger charge is -2.07. The van der Waals surface area contributed by atoms with Crippen LogP contribution < -0.4 is 15.4 Å². The number of methoxy groups -OCH3 is 1. The third-order valence-electron chi connectivity index (χ3n) is 3.81. The van der Waals surface area contributed by atoms with Crippen LogP contribution in [0.4, 0.5) is 26.7 Å². The summed E-state index contributed by atoms with van der Waals surface area (Å²) < 4.78 is 19.3. The third-order valence-corrected chi connectivity index (χ3v) is 4.78. The number of hydrogen-bond donors (Lipinski definition) is 2. The van der Waals surface area contributed by atoms with Crippen LogP contribution in [0.25, 0.3) is 10.3 Å². The van der Waals surface area contributed by atoms with Crippen LogP contribution in [0.3, 0.4) is 0 Å². The van der Waals surface area contributed by atoms with Gasteiger partial charge < -0.3 is 15.4 Å². The van der Waals surface area contributed by atoms with E-state index in [0.717, 1.165) is 16.1 Å². The minimum Gasteiger partial charge on any atom is -0.481 e. The molecule has 1 aromatic carbocycles. The summed E-state index contributed by atoms with van der Waals surface area (Å²) in [6.45, 7) is 1.72. The fraction of sp³-hybridized carbons (Fsp3) is 0.111. The molecule has 4 rings (SSSR count). The average molecular weight is 382 g/mol. The van der Waals surface area contributed by atoms with E-state index in [2.05, 4.69) is 30.6 Å². The van der Waals surface area contributed by atoms with Gasteiger partial charge in [-0.15, -0.1) is 0 Å². The smallest absolute Gasteiger partial charge is 0.213 e. The molecule has 0 aliphatic rings. The number of pyridine rings is 1. The van der Waals surface area contributed by atoms with Crippen LogP contribution in [-0.2, 0) is 0 Å². The quantitative estimate of drug-likeness (QED) is 0.528. The lowest BCUT2D eigenvalue weighted by atomic mass is 10.2. The molecule has 0 atom stereocenters. The van der Waals surface area contributed by atoms with Crippen LogP contribution in [0.5, 0.6) is 5.88 Å². The van der Waals surface area contributed by atoms with E-state index in [1.54, 1.807) is 38.4 Å². The minimum absolute atomic E-state index is 0.245. The van der Waals surface area contributed by atoms with Crippen molar-refractivity contribution in [1.82, 2.24) is 19.9 Å². The maximum atomic E-state index is 13.5. The van der Waals surface area contributed by atoms with E-state index in [1.807, 2.05) is 6.07 Å². The zero-order valence-electron chi connectivity index (χ0n) is 14.5. The Labute approximate surface area is 158 Å².